The minimum atomic E-state index is -0.244. The van der Waals surface area contributed by atoms with Crippen LogP contribution in [0.4, 0.5) is 23.0 Å². The highest BCUT2D eigenvalue weighted by Gasteiger charge is 2.15. The van der Waals surface area contributed by atoms with E-state index < -0.39 is 0 Å². The van der Waals surface area contributed by atoms with Gasteiger partial charge in [-0.3, -0.25) is 14.1 Å². The molecule has 11 nitrogen and oxygen atoms in total. The number of hydrogen-bond donors (Lipinski definition) is 3. The molecule has 0 atom stereocenters. The molecule has 1 aliphatic heterocycles. The molecule has 2 aromatic carbocycles. The normalized spacial score (nSPS) is 13.6. The standard InChI is InChI=1S/C31H32N8O3/c1-21-29(39-13-11-24(20-28(39)34-21)42-19-16-38-14-17-41-18-15-38)27-10-12-33-31(37-27)35-23-8-6-22(7-9-23)30(40)36-26-5-3-2-4-25(26)32/h2-13,20H,14-19,32H2,1H3,(H,36,40)(H,33,35,37). The molecule has 0 unspecified atom stereocenters. The number of hydrogen-bond acceptors (Lipinski definition) is 9. The molecule has 0 saturated carbocycles. The van der Waals surface area contributed by atoms with Gasteiger partial charge >= 0.3 is 0 Å². The first-order valence-corrected chi connectivity index (χ1v) is 13.8. The summed E-state index contributed by atoms with van der Waals surface area (Å²) in [5.41, 5.74) is 11.5. The third-order valence-electron chi connectivity index (χ3n) is 7.06. The Kier molecular flexibility index (Phi) is 7.93. The van der Waals surface area contributed by atoms with E-state index in [1.54, 1.807) is 42.6 Å². The number of rotatable bonds is 9. The molecule has 0 aliphatic carbocycles. The van der Waals surface area contributed by atoms with Crippen LogP contribution in [0, 0.1) is 6.92 Å². The summed E-state index contributed by atoms with van der Waals surface area (Å²) < 4.78 is 13.4. The third-order valence-corrected chi connectivity index (χ3v) is 7.06. The number of para-hydroxylation sites is 2. The van der Waals surface area contributed by atoms with Gasteiger partial charge in [-0.05, 0) is 55.5 Å². The summed E-state index contributed by atoms with van der Waals surface area (Å²) in [6.45, 7) is 6.86. The highest BCUT2D eigenvalue weighted by atomic mass is 16.5. The van der Waals surface area contributed by atoms with E-state index in [1.807, 2.05) is 47.9 Å². The van der Waals surface area contributed by atoms with Crippen molar-refractivity contribution in [2.75, 3.05) is 55.8 Å². The predicted molar refractivity (Wildman–Crippen MR) is 162 cm³/mol. The Bertz CT molecular complexity index is 1700. The Morgan fingerprint density at radius 1 is 1.05 bits per heavy atom. The first-order chi connectivity index (χ1) is 20.5. The second-order valence-electron chi connectivity index (χ2n) is 9.95. The predicted octanol–water partition coefficient (Wildman–Crippen LogP) is 4.39. The molecule has 4 heterocycles. The van der Waals surface area contributed by atoms with E-state index in [-0.39, 0.29) is 5.91 Å². The van der Waals surface area contributed by atoms with Crippen LogP contribution >= 0.6 is 0 Å². The summed E-state index contributed by atoms with van der Waals surface area (Å²) in [6.07, 6.45) is 3.66. The number of pyridine rings is 1. The number of amides is 1. The van der Waals surface area contributed by atoms with Gasteiger partial charge in [-0.1, -0.05) is 12.1 Å². The molecule has 1 amide bonds. The van der Waals surface area contributed by atoms with Gasteiger partial charge < -0.3 is 25.8 Å². The molecule has 5 aromatic rings. The van der Waals surface area contributed by atoms with Crippen LogP contribution in [0.1, 0.15) is 16.1 Å². The van der Waals surface area contributed by atoms with Crippen molar-refractivity contribution in [3.63, 3.8) is 0 Å². The number of morpholine rings is 1. The Labute approximate surface area is 243 Å². The summed E-state index contributed by atoms with van der Waals surface area (Å²) >= 11 is 0. The van der Waals surface area contributed by atoms with Gasteiger partial charge in [-0.2, -0.15) is 0 Å². The Morgan fingerprint density at radius 2 is 1.86 bits per heavy atom. The number of aryl methyl sites for hydroxylation is 1. The van der Waals surface area contributed by atoms with Gasteiger partial charge in [-0.25, -0.2) is 15.0 Å². The fourth-order valence-electron chi connectivity index (χ4n) is 4.85. The molecule has 3 aromatic heterocycles. The number of fused-ring (bicyclic) bond motifs is 1. The van der Waals surface area contributed by atoms with Crippen molar-refractivity contribution < 1.29 is 14.3 Å². The fourth-order valence-corrected chi connectivity index (χ4v) is 4.85. The molecule has 1 fully saturated rings. The number of imidazole rings is 1. The summed E-state index contributed by atoms with van der Waals surface area (Å²) in [5, 5.41) is 6.06. The van der Waals surface area contributed by atoms with Gasteiger partial charge in [0.15, 0.2) is 0 Å². The van der Waals surface area contributed by atoms with Gasteiger partial charge in [0.05, 0.1) is 41.7 Å². The van der Waals surface area contributed by atoms with E-state index in [2.05, 4.69) is 20.5 Å². The zero-order chi connectivity index (χ0) is 28.9. The number of nitrogens with two attached hydrogens (primary N) is 1. The second-order valence-corrected chi connectivity index (χ2v) is 9.95. The number of aromatic nitrogens is 4. The van der Waals surface area contributed by atoms with Crippen molar-refractivity contribution in [3.8, 4) is 17.1 Å². The zero-order valence-electron chi connectivity index (χ0n) is 23.3. The molecule has 42 heavy (non-hydrogen) atoms. The SMILES string of the molecule is Cc1nc2cc(OCCN3CCOCC3)ccn2c1-c1ccnc(Nc2ccc(C(=O)Nc3ccccc3N)cc2)n1. The molecule has 1 aliphatic rings. The van der Waals surface area contributed by atoms with Crippen LogP contribution in [0.2, 0.25) is 0 Å². The van der Waals surface area contributed by atoms with E-state index >= 15 is 0 Å². The lowest BCUT2D eigenvalue weighted by Crippen LogP contribution is -2.38. The van der Waals surface area contributed by atoms with E-state index in [0.717, 1.165) is 67.0 Å². The maximum atomic E-state index is 12.7. The quantitative estimate of drug-likeness (QED) is 0.223. The van der Waals surface area contributed by atoms with Gasteiger partial charge in [0.2, 0.25) is 5.95 Å². The number of carbonyl (C=O) groups excluding carboxylic acids is 1. The van der Waals surface area contributed by atoms with Crippen molar-refractivity contribution in [2.45, 2.75) is 6.92 Å². The van der Waals surface area contributed by atoms with E-state index in [4.69, 9.17) is 25.2 Å². The number of nitrogens with zero attached hydrogens (tertiary/aromatic N) is 5. The summed E-state index contributed by atoms with van der Waals surface area (Å²) in [6, 6.07) is 20.0. The van der Waals surface area contributed by atoms with Crippen LogP contribution in [0.3, 0.4) is 0 Å². The molecule has 0 radical (unpaired) electrons. The first-order valence-electron chi connectivity index (χ1n) is 13.8. The Balaban J connectivity index is 1.13. The molecule has 11 heteroatoms. The van der Waals surface area contributed by atoms with Crippen molar-refractivity contribution in [1.82, 2.24) is 24.3 Å². The number of nitrogen functional groups attached to an aromatic ring is 1. The van der Waals surface area contributed by atoms with Crippen LogP contribution in [0.5, 0.6) is 5.75 Å². The van der Waals surface area contributed by atoms with Crippen molar-refractivity contribution >= 4 is 34.6 Å². The number of carbonyl (C=O) groups is 1. The second kappa shape index (κ2) is 12.2. The van der Waals surface area contributed by atoms with E-state index in [0.29, 0.717) is 29.5 Å². The minimum Gasteiger partial charge on any atom is -0.492 e. The van der Waals surface area contributed by atoms with Crippen LogP contribution in [-0.4, -0.2) is 69.6 Å². The van der Waals surface area contributed by atoms with Crippen molar-refractivity contribution in [1.29, 1.82) is 0 Å². The average Bonchev–Trinajstić information content (AvgIpc) is 3.34. The van der Waals surface area contributed by atoms with Gasteiger partial charge in [0, 0.05) is 49.3 Å². The van der Waals surface area contributed by atoms with Gasteiger partial charge in [0.25, 0.3) is 5.91 Å². The molecule has 0 spiro atoms. The third kappa shape index (κ3) is 6.17. The fraction of sp³-hybridized carbons (Fsp3) is 0.226. The number of benzene rings is 2. The molecule has 4 N–H and O–H groups in total. The lowest BCUT2D eigenvalue weighted by atomic mass is 10.2. The molecule has 0 bridgehead atoms. The van der Waals surface area contributed by atoms with Crippen LogP contribution in [-0.2, 0) is 4.74 Å². The highest BCUT2D eigenvalue weighted by Crippen LogP contribution is 2.27. The first kappa shape index (κ1) is 27.2. The topological polar surface area (TPSA) is 132 Å². The molecule has 6 rings (SSSR count). The smallest absolute Gasteiger partial charge is 0.255 e. The average molecular weight is 565 g/mol. The van der Waals surface area contributed by atoms with Crippen LogP contribution in [0.25, 0.3) is 17.0 Å². The summed E-state index contributed by atoms with van der Waals surface area (Å²) in [4.78, 5) is 28.9. The lowest BCUT2D eigenvalue weighted by Gasteiger charge is -2.26. The largest absolute Gasteiger partial charge is 0.492 e. The zero-order valence-corrected chi connectivity index (χ0v) is 23.3. The van der Waals surface area contributed by atoms with Crippen molar-refractivity contribution in [3.05, 3.63) is 90.4 Å². The van der Waals surface area contributed by atoms with Crippen LogP contribution < -0.4 is 21.1 Å². The van der Waals surface area contributed by atoms with Crippen LogP contribution in [0.15, 0.2) is 79.1 Å². The Morgan fingerprint density at radius 3 is 2.67 bits per heavy atom. The number of ether oxygens (including phenoxy) is 2. The van der Waals surface area contributed by atoms with Gasteiger partial charge in [0.1, 0.15) is 18.0 Å². The molecule has 214 valence electrons. The minimum absolute atomic E-state index is 0.244. The Hall–Kier alpha value is -5.00. The van der Waals surface area contributed by atoms with E-state index in [1.165, 1.54) is 0 Å². The molecular formula is C31H32N8O3. The lowest BCUT2D eigenvalue weighted by molar-refractivity contribution is 0.0322. The summed E-state index contributed by atoms with van der Waals surface area (Å²) in [7, 11) is 0. The molecular weight excluding hydrogens is 532 g/mol. The number of anilines is 4. The maximum absolute atomic E-state index is 12.7. The van der Waals surface area contributed by atoms with Gasteiger partial charge in [-0.15, -0.1) is 0 Å². The highest BCUT2D eigenvalue weighted by molar-refractivity contribution is 6.05. The monoisotopic (exact) mass is 564 g/mol. The molecule has 1 saturated heterocycles. The van der Waals surface area contributed by atoms with Crippen molar-refractivity contribution in [2.24, 2.45) is 0 Å². The number of nitrogens with one attached hydrogen (secondary N) is 2. The maximum Gasteiger partial charge on any atom is 0.255 e. The van der Waals surface area contributed by atoms with E-state index in [9.17, 15) is 4.79 Å². The summed E-state index contributed by atoms with van der Waals surface area (Å²) in [5.74, 6) is 0.965.